The summed E-state index contributed by atoms with van der Waals surface area (Å²) < 4.78 is 0. The molecular weight excluding hydrogens is 254 g/mol. The molecule has 0 aliphatic heterocycles. The van der Waals surface area contributed by atoms with E-state index in [2.05, 4.69) is 5.32 Å². The van der Waals surface area contributed by atoms with E-state index in [1.54, 1.807) is 0 Å². The van der Waals surface area contributed by atoms with Crippen molar-refractivity contribution in [3.05, 3.63) is 0 Å². The average Bonchev–Trinajstić information content (AvgIpc) is 2.33. The van der Waals surface area contributed by atoms with Gasteiger partial charge in [0.1, 0.15) is 6.10 Å². The minimum absolute atomic E-state index is 0.113. The van der Waals surface area contributed by atoms with Crippen LogP contribution < -0.4 is 5.32 Å². The molecule has 19 heavy (non-hydrogen) atoms. The maximum absolute atomic E-state index is 11.7. The van der Waals surface area contributed by atoms with Crippen LogP contribution in [-0.4, -0.2) is 57.7 Å². The molecule has 0 fully saturated rings. The molecule has 0 bridgehead atoms. The minimum Gasteiger partial charge on any atom is -0.479 e. The van der Waals surface area contributed by atoms with Gasteiger partial charge in [-0.15, -0.1) is 0 Å². The Kier molecular flexibility index (Phi) is 5.92. The van der Waals surface area contributed by atoms with Crippen LogP contribution in [0, 0.1) is 10.8 Å². The van der Waals surface area contributed by atoms with Gasteiger partial charge >= 0.3 is 5.97 Å². The molecule has 2 atom stereocenters. The van der Waals surface area contributed by atoms with Gasteiger partial charge in [0.15, 0.2) is 6.10 Å². The minimum atomic E-state index is -1.63. The van der Waals surface area contributed by atoms with Crippen LogP contribution in [0.3, 0.4) is 0 Å². The van der Waals surface area contributed by atoms with Crippen molar-refractivity contribution < 1.29 is 30.0 Å². The number of amides is 1. The molecule has 1 amide bonds. The fourth-order valence-electron chi connectivity index (χ4n) is 1.28. The third kappa shape index (κ3) is 4.77. The molecule has 0 aromatic rings. The zero-order chi connectivity index (χ0) is 15.4. The van der Waals surface area contributed by atoms with Gasteiger partial charge in [-0.05, 0) is 0 Å². The number of aliphatic hydroxyl groups is 3. The Balaban J connectivity index is 4.57. The third-order valence-corrected chi connectivity index (χ3v) is 3.09. The van der Waals surface area contributed by atoms with E-state index >= 15 is 0 Å². The quantitative estimate of drug-likeness (QED) is 0.404. The molecule has 7 heteroatoms. The molecular formula is C12H23NO6. The van der Waals surface area contributed by atoms with Crippen molar-refractivity contribution in [2.24, 2.45) is 10.8 Å². The van der Waals surface area contributed by atoms with Crippen LogP contribution in [0.5, 0.6) is 0 Å². The number of carboxylic acid groups (broad SMARTS) is 1. The summed E-state index contributed by atoms with van der Waals surface area (Å²) in [5.74, 6) is -2.10. The molecule has 0 unspecified atom stereocenters. The van der Waals surface area contributed by atoms with E-state index in [0.717, 1.165) is 0 Å². The number of aliphatic carboxylic acids is 1. The van der Waals surface area contributed by atoms with Crippen molar-refractivity contribution >= 4 is 11.9 Å². The van der Waals surface area contributed by atoms with E-state index in [1.807, 2.05) is 0 Å². The average molecular weight is 277 g/mol. The fraction of sp³-hybridized carbons (Fsp3) is 0.833. The molecule has 0 radical (unpaired) electrons. The number of hydrogen-bond acceptors (Lipinski definition) is 5. The van der Waals surface area contributed by atoms with Crippen LogP contribution >= 0.6 is 0 Å². The second-order valence-electron chi connectivity index (χ2n) is 6.00. The van der Waals surface area contributed by atoms with E-state index in [4.69, 9.17) is 10.2 Å². The smallest absolute Gasteiger partial charge is 0.333 e. The monoisotopic (exact) mass is 277 g/mol. The first-order valence-corrected chi connectivity index (χ1v) is 5.93. The number of carbonyl (C=O) groups is 2. The summed E-state index contributed by atoms with van der Waals surface area (Å²) in [6.45, 7) is 5.52. The molecule has 0 saturated carbocycles. The van der Waals surface area contributed by atoms with Gasteiger partial charge in [-0.25, -0.2) is 4.79 Å². The number of aliphatic hydroxyl groups excluding tert-OH is 3. The summed E-state index contributed by atoms with van der Waals surface area (Å²) in [4.78, 5) is 22.4. The number of carbonyl (C=O) groups excluding carboxylic acids is 1. The summed E-state index contributed by atoms with van der Waals surface area (Å²) in [6.07, 6.45) is -3.05. The van der Waals surface area contributed by atoms with E-state index in [-0.39, 0.29) is 13.2 Å². The lowest BCUT2D eigenvalue weighted by Crippen LogP contribution is -2.50. The Morgan fingerprint density at radius 2 is 1.53 bits per heavy atom. The SMILES string of the molecule is CC(C)(CNC(=O)[C@H](O)C(C)(C)CO)[C@@H](O)C(=O)O. The van der Waals surface area contributed by atoms with Crippen LogP contribution in [0.2, 0.25) is 0 Å². The Hall–Kier alpha value is -1.18. The highest BCUT2D eigenvalue weighted by Crippen LogP contribution is 2.22. The lowest BCUT2D eigenvalue weighted by atomic mass is 9.85. The molecule has 0 aromatic carbocycles. The molecule has 0 spiro atoms. The molecule has 5 N–H and O–H groups in total. The van der Waals surface area contributed by atoms with Crippen LogP contribution in [0.15, 0.2) is 0 Å². The summed E-state index contributed by atoms with van der Waals surface area (Å²) >= 11 is 0. The van der Waals surface area contributed by atoms with Gasteiger partial charge in [-0.1, -0.05) is 27.7 Å². The Morgan fingerprint density at radius 1 is 1.05 bits per heavy atom. The number of nitrogens with one attached hydrogen (secondary N) is 1. The van der Waals surface area contributed by atoms with Gasteiger partial charge in [-0.3, -0.25) is 4.79 Å². The van der Waals surface area contributed by atoms with Gasteiger partial charge in [0, 0.05) is 17.4 Å². The molecule has 7 nitrogen and oxygen atoms in total. The maximum atomic E-state index is 11.7. The first-order valence-electron chi connectivity index (χ1n) is 5.93. The van der Waals surface area contributed by atoms with Crippen molar-refractivity contribution in [2.45, 2.75) is 39.9 Å². The van der Waals surface area contributed by atoms with E-state index in [1.165, 1.54) is 27.7 Å². The largest absolute Gasteiger partial charge is 0.479 e. The van der Waals surface area contributed by atoms with E-state index in [9.17, 15) is 19.8 Å². The molecule has 112 valence electrons. The van der Waals surface area contributed by atoms with Crippen molar-refractivity contribution in [1.29, 1.82) is 0 Å². The van der Waals surface area contributed by atoms with Gasteiger partial charge in [-0.2, -0.15) is 0 Å². The Bertz CT molecular complexity index is 339. The predicted octanol–water partition coefficient (Wildman–Crippen LogP) is -1.05. The molecule has 0 saturated heterocycles. The van der Waals surface area contributed by atoms with Crippen LogP contribution in [0.1, 0.15) is 27.7 Å². The van der Waals surface area contributed by atoms with Crippen LogP contribution in [-0.2, 0) is 9.59 Å². The predicted molar refractivity (Wildman–Crippen MR) is 67.3 cm³/mol. The second kappa shape index (κ2) is 6.31. The van der Waals surface area contributed by atoms with Crippen molar-refractivity contribution in [3.8, 4) is 0 Å². The lowest BCUT2D eigenvalue weighted by molar-refractivity contribution is -0.154. The van der Waals surface area contributed by atoms with Crippen molar-refractivity contribution in [1.82, 2.24) is 5.32 Å². The molecule has 0 rings (SSSR count). The fourth-order valence-corrected chi connectivity index (χ4v) is 1.28. The highest BCUT2D eigenvalue weighted by Gasteiger charge is 2.37. The van der Waals surface area contributed by atoms with E-state index in [0.29, 0.717) is 0 Å². The first kappa shape index (κ1) is 17.8. The standard InChI is InChI=1S/C12H23NO6/c1-11(2,8(16)10(18)19)5-13-9(17)7(15)12(3,4)6-14/h7-8,14-16H,5-6H2,1-4H3,(H,13,17)(H,18,19)/t7-,8-/m0/s1. The van der Waals surface area contributed by atoms with Crippen molar-refractivity contribution in [2.75, 3.05) is 13.2 Å². The molecule has 0 aromatic heterocycles. The number of rotatable bonds is 7. The first-order chi connectivity index (χ1) is 8.45. The maximum Gasteiger partial charge on any atom is 0.333 e. The highest BCUT2D eigenvalue weighted by molar-refractivity contribution is 5.81. The van der Waals surface area contributed by atoms with Gasteiger partial charge < -0.3 is 25.7 Å². The number of carboxylic acids is 1. The topological polar surface area (TPSA) is 127 Å². The van der Waals surface area contributed by atoms with Crippen LogP contribution in [0.4, 0.5) is 0 Å². The van der Waals surface area contributed by atoms with Crippen LogP contribution in [0.25, 0.3) is 0 Å². The highest BCUT2D eigenvalue weighted by atomic mass is 16.4. The van der Waals surface area contributed by atoms with Gasteiger partial charge in [0.25, 0.3) is 0 Å². The lowest BCUT2D eigenvalue weighted by Gasteiger charge is -2.31. The summed E-state index contributed by atoms with van der Waals surface area (Å²) in [5, 5.41) is 39.3. The summed E-state index contributed by atoms with van der Waals surface area (Å²) in [7, 11) is 0. The molecule has 0 aliphatic rings. The third-order valence-electron chi connectivity index (χ3n) is 3.09. The van der Waals surface area contributed by atoms with Crippen molar-refractivity contribution in [3.63, 3.8) is 0 Å². The Labute approximate surface area is 112 Å². The second-order valence-corrected chi connectivity index (χ2v) is 6.00. The van der Waals surface area contributed by atoms with Gasteiger partial charge in [0.2, 0.25) is 5.91 Å². The van der Waals surface area contributed by atoms with E-state index < -0.39 is 34.9 Å². The molecule has 0 heterocycles. The number of hydrogen-bond donors (Lipinski definition) is 5. The summed E-state index contributed by atoms with van der Waals surface area (Å²) in [6, 6.07) is 0. The normalized spacial score (nSPS) is 15.7. The Morgan fingerprint density at radius 3 is 1.89 bits per heavy atom. The summed E-state index contributed by atoms with van der Waals surface area (Å²) in [5.41, 5.74) is -2.08. The molecule has 0 aliphatic carbocycles. The van der Waals surface area contributed by atoms with Gasteiger partial charge in [0.05, 0.1) is 6.61 Å². The zero-order valence-corrected chi connectivity index (χ0v) is 11.7. The zero-order valence-electron chi connectivity index (χ0n) is 11.7.